The zero-order valence-corrected chi connectivity index (χ0v) is 22.1. The van der Waals surface area contributed by atoms with E-state index in [4.69, 9.17) is 33.7 Å². The predicted molar refractivity (Wildman–Crippen MR) is 145 cm³/mol. The fraction of sp³-hybridized carbons (Fsp3) is 0.0741. The number of benzene rings is 3. The molecule has 0 saturated heterocycles. The first-order valence-electron chi connectivity index (χ1n) is 10.8. The first-order valence-corrected chi connectivity index (χ1v) is 12.7. The third-order valence-electron chi connectivity index (χ3n) is 5.24. The van der Waals surface area contributed by atoms with Gasteiger partial charge in [-0.1, -0.05) is 63.4 Å². The molecule has 2 aromatic heterocycles. The number of halogens is 5. The highest BCUT2D eigenvalue weighted by Crippen LogP contribution is 2.24. The Morgan fingerprint density at radius 1 is 0.838 bits per heavy atom. The first-order chi connectivity index (χ1) is 17.7. The molecule has 188 valence electrons. The Hall–Kier alpha value is -3.33. The van der Waals surface area contributed by atoms with Crippen molar-refractivity contribution in [3.05, 3.63) is 111 Å². The normalized spacial score (nSPS) is 10.7. The van der Waals surface area contributed by atoms with Crippen LogP contribution in [0.3, 0.4) is 0 Å². The number of carbonyl (C=O) groups is 1. The second-order valence-electron chi connectivity index (χ2n) is 7.80. The number of rotatable bonds is 5. The largest absolute Gasteiger partial charge is 0.484 e. The van der Waals surface area contributed by atoms with E-state index in [-0.39, 0.29) is 12.4 Å². The number of aromatic nitrogens is 2. The highest BCUT2D eigenvalue weighted by Gasteiger charge is 2.19. The molecule has 0 aliphatic carbocycles. The van der Waals surface area contributed by atoms with Gasteiger partial charge in [0.1, 0.15) is 18.0 Å². The zero-order valence-electron chi connectivity index (χ0n) is 19.0. The number of amides is 1. The van der Waals surface area contributed by atoms with Gasteiger partial charge in [-0.3, -0.25) is 9.78 Å². The van der Waals surface area contributed by atoms with Gasteiger partial charge < -0.3 is 10.5 Å². The summed E-state index contributed by atoms with van der Waals surface area (Å²) in [5, 5.41) is 4.06. The SMILES string of the molecule is Clc1ccc2ccc(CBr)nc2c1.NC(=O)c1c(F)ccc(OCc2ccc3ccc(Cl)cc3n2)c1F. The topological polar surface area (TPSA) is 78.1 Å². The molecule has 0 aliphatic heterocycles. The predicted octanol–water partition coefficient (Wildman–Crippen LogP) is 7.63. The molecule has 0 radical (unpaired) electrons. The van der Waals surface area contributed by atoms with Gasteiger partial charge >= 0.3 is 0 Å². The zero-order chi connectivity index (χ0) is 26.5. The number of pyridine rings is 2. The van der Waals surface area contributed by atoms with Gasteiger partial charge in [0.2, 0.25) is 0 Å². The Bertz CT molecular complexity index is 1620. The van der Waals surface area contributed by atoms with Crippen molar-refractivity contribution in [3.63, 3.8) is 0 Å². The van der Waals surface area contributed by atoms with Crippen molar-refractivity contribution in [2.24, 2.45) is 5.73 Å². The number of alkyl halides is 1. The molecule has 0 fully saturated rings. The number of fused-ring (bicyclic) bond motifs is 2. The molecule has 3 aromatic carbocycles. The Balaban J connectivity index is 0.000000207. The van der Waals surface area contributed by atoms with Crippen LogP contribution in [0.5, 0.6) is 5.75 Å². The summed E-state index contributed by atoms with van der Waals surface area (Å²) in [5.41, 5.74) is 7.30. The molecule has 0 atom stereocenters. The van der Waals surface area contributed by atoms with Crippen LogP contribution >= 0.6 is 39.1 Å². The second kappa shape index (κ2) is 11.8. The summed E-state index contributed by atoms with van der Waals surface area (Å²) in [6.07, 6.45) is 0. The fourth-order valence-electron chi connectivity index (χ4n) is 3.44. The molecule has 2 heterocycles. The lowest BCUT2D eigenvalue weighted by atomic mass is 10.1. The molecule has 0 unspecified atom stereocenters. The Morgan fingerprint density at radius 3 is 1.95 bits per heavy atom. The molecule has 5 aromatic rings. The van der Waals surface area contributed by atoms with Crippen molar-refractivity contribution < 1.29 is 18.3 Å². The van der Waals surface area contributed by atoms with Gasteiger partial charge in [0.15, 0.2) is 11.6 Å². The van der Waals surface area contributed by atoms with E-state index in [1.165, 1.54) is 0 Å². The molecule has 5 rings (SSSR count). The van der Waals surface area contributed by atoms with Crippen LogP contribution in [0.1, 0.15) is 21.7 Å². The summed E-state index contributed by atoms with van der Waals surface area (Å²) in [5.74, 6) is -3.65. The summed E-state index contributed by atoms with van der Waals surface area (Å²) in [4.78, 5) is 19.9. The van der Waals surface area contributed by atoms with Crippen molar-refractivity contribution in [1.29, 1.82) is 0 Å². The minimum absolute atomic E-state index is 0.0663. The number of nitrogens with zero attached hydrogens (tertiary/aromatic N) is 2. The molecule has 0 bridgehead atoms. The Morgan fingerprint density at radius 2 is 1.38 bits per heavy atom. The molecule has 5 nitrogen and oxygen atoms in total. The number of primary amides is 1. The van der Waals surface area contributed by atoms with Gasteiger partial charge in [0.05, 0.1) is 22.4 Å². The number of hydrogen-bond acceptors (Lipinski definition) is 4. The molecule has 0 saturated carbocycles. The molecule has 37 heavy (non-hydrogen) atoms. The minimum Gasteiger partial charge on any atom is -0.484 e. The summed E-state index contributed by atoms with van der Waals surface area (Å²) in [6.45, 7) is -0.0663. The van der Waals surface area contributed by atoms with Crippen molar-refractivity contribution in [1.82, 2.24) is 9.97 Å². The van der Waals surface area contributed by atoms with Gasteiger partial charge in [-0.05, 0) is 48.5 Å². The van der Waals surface area contributed by atoms with E-state index in [0.29, 0.717) is 16.2 Å². The highest BCUT2D eigenvalue weighted by molar-refractivity contribution is 9.08. The molecule has 2 N–H and O–H groups in total. The lowest BCUT2D eigenvalue weighted by Gasteiger charge is -2.10. The number of ether oxygens (including phenoxy) is 1. The minimum atomic E-state index is -1.20. The average Bonchev–Trinajstić information content (AvgIpc) is 2.87. The number of carbonyl (C=O) groups excluding carboxylic acids is 1. The quantitative estimate of drug-likeness (QED) is 0.209. The standard InChI is InChI=1S/C17H11ClF2N2O2.C10H7BrClN/c18-10-3-1-9-2-4-11(22-13(9)7-10)8-24-14-6-5-12(19)15(16(14)20)17(21)23;11-6-9-4-2-7-1-3-8(12)5-10(7)13-9/h1-7H,8H2,(H2,21,23);1-5H,6H2. The molecular formula is C27H18BrCl2F2N3O2. The van der Waals surface area contributed by atoms with E-state index in [1.54, 1.807) is 18.2 Å². The van der Waals surface area contributed by atoms with Crippen molar-refractivity contribution in [2.45, 2.75) is 11.9 Å². The molecule has 0 spiro atoms. The lowest BCUT2D eigenvalue weighted by molar-refractivity contribution is 0.0991. The maximum absolute atomic E-state index is 14.1. The van der Waals surface area contributed by atoms with Crippen LogP contribution in [0, 0.1) is 11.6 Å². The number of nitrogens with two attached hydrogens (primary N) is 1. The molecule has 1 amide bonds. The monoisotopic (exact) mass is 603 g/mol. The van der Waals surface area contributed by atoms with Crippen LogP contribution in [0.15, 0.2) is 72.8 Å². The van der Waals surface area contributed by atoms with Gasteiger partial charge in [0, 0.05) is 26.1 Å². The Kier molecular flexibility index (Phi) is 8.53. The van der Waals surface area contributed by atoms with E-state index in [0.717, 1.165) is 44.5 Å². The Labute approximate surface area is 229 Å². The van der Waals surface area contributed by atoms with Crippen LogP contribution in [0.25, 0.3) is 21.8 Å². The molecule has 0 aliphatic rings. The van der Waals surface area contributed by atoms with Crippen LogP contribution < -0.4 is 10.5 Å². The molecular weight excluding hydrogens is 587 g/mol. The first kappa shape index (κ1) is 26.7. The third kappa shape index (κ3) is 6.52. The highest BCUT2D eigenvalue weighted by atomic mass is 79.9. The van der Waals surface area contributed by atoms with E-state index in [9.17, 15) is 13.6 Å². The van der Waals surface area contributed by atoms with Crippen LogP contribution in [-0.2, 0) is 11.9 Å². The van der Waals surface area contributed by atoms with Gasteiger partial charge in [0.25, 0.3) is 5.91 Å². The maximum atomic E-state index is 14.1. The fourth-order valence-corrected chi connectivity index (χ4v) is 4.09. The van der Waals surface area contributed by atoms with E-state index in [2.05, 4.69) is 32.0 Å². The van der Waals surface area contributed by atoms with Crippen LogP contribution in [-0.4, -0.2) is 15.9 Å². The van der Waals surface area contributed by atoms with Gasteiger partial charge in [-0.15, -0.1) is 0 Å². The van der Waals surface area contributed by atoms with Crippen LogP contribution in [0.2, 0.25) is 10.0 Å². The summed E-state index contributed by atoms with van der Waals surface area (Å²) in [7, 11) is 0. The van der Waals surface area contributed by atoms with Crippen molar-refractivity contribution in [3.8, 4) is 5.75 Å². The molecule has 10 heteroatoms. The number of hydrogen-bond donors (Lipinski definition) is 1. The average molecular weight is 605 g/mol. The smallest absolute Gasteiger partial charge is 0.254 e. The van der Waals surface area contributed by atoms with E-state index < -0.39 is 23.1 Å². The second-order valence-corrected chi connectivity index (χ2v) is 9.23. The summed E-state index contributed by atoms with van der Waals surface area (Å²) >= 11 is 15.2. The third-order valence-corrected chi connectivity index (χ3v) is 6.28. The lowest BCUT2D eigenvalue weighted by Crippen LogP contribution is -2.16. The van der Waals surface area contributed by atoms with E-state index in [1.807, 2.05) is 36.4 Å². The van der Waals surface area contributed by atoms with Gasteiger partial charge in [-0.25, -0.2) is 13.8 Å². The summed E-state index contributed by atoms with van der Waals surface area (Å²) in [6, 6.07) is 20.6. The maximum Gasteiger partial charge on any atom is 0.254 e. The summed E-state index contributed by atoms with van der Waals surface area (Å²) < 4.78 is 32.8. The van der Waals surface area contributed by atoms with Gasteiger partial charge in [-0.2, -0.15) is 0 Å². The van der Waals surface area contributed by atoms with Crippen molar-refractivity contribution in [2.75, 3.05) is 0 Å². The van der Waals surface area contributed by atoms with Crippen LogP contribution in [0.4, 0.5) is 8.78 Å². The van der Waals surface area contributed by atoms with Crippen molar-refractivity contribution >= 4 is 66.8 Å². The van der Waals surface area contributed by atoms with E-state index >= 15 is 0 Å².